The van der Waals surface area contributed by atoms with E-state index in [4.69, 9.17) is 9.47 Å². The van der Waals surface area contributed by atoms with Crippen molar-refractivity contribution in [3.8, 4) is 6.07 Å². The summed E-state index contributed by atoms with van der Waals surface area (Å²) in [5, 5.41) is 10.1. The van der Waals surface area contributed by atoms with Crippen molar-refractivity contribution in [2.24, 2.45) is 10.8 Å². The average molecular weight is 367 g/mol. The van der Waals surface area contributed by atoms with Gasteiger partial charge in [0.2, 0.25) is 6.10 Å². The second-order valence-corrected chi connectivity index (χ2v) is 8.37. The highest BCUT2D eigenvalue weighted by atomic mass is 16.6. The van der Waals surface area contributed by atoms with Crippen molar-refractivity contribution in [3.05, 3.63) is 47.0 Å². The summed E-state index contributed by atoms with van der Waals surface area (Å²) in [4.78, 5) is 25.4. The Bertz CT molecular complexity index is 834. The lowest BCUT2D eigenvalue weighted by molar-refractivity contribution is -0.170. The zero-order valence-electron chi connectivity index (χ0n) is 16.2. The summed E-state index contributed by atoms with van der Waals surface area (Å²) in [5.74, 6) is -1.50. The minimum Gasteiger partial charge on any atom is -0.462 e. The van der Waals surface area contributed by atoms with Crippen LogP contribution in [0.15, 0.2) is 41.5 Å². The summed E-state index contributed by atoms with van der Waals surface area (Å²) in [5.41, 5.74) is 1.17. The number of hydrogen-bond acceptors (Lipinski definition) is 5. The number of carbonyl (C=O) groups excluding carboxylic acids is 2. The third-order valence-electron chi connectivity index (χ3n) is 5.88. The number of carbonyl (C=O) groups is 2. The normalized spacial score (nSPS) is 29.8. The van der Waals surface area contributed by atoms with Crippen LogP contribution in [0.1, 0.15) is 52.0 Å². The van der Waals surface area contributed by atoms with Crippen LogP contribution in [0.5, 0.6) is 0 Å². The van der Waals surface area contributed by atoms with E-state index in [2.05, 4.69) is 6.07 Å². The van der Waals surface area contributed by atoms with Gasteiger partial charge in [0, 0.05) is 11.3 Å². The second-order valence-electron chi connectivity index (χ2n) is 8.37. The van der Waals surface area contributed by atoms with Gasteiger partial charge in [0.1, 0.15) is 6.61 Å². The van der Waals surface area contributed by atoms with E-state index in [9.17, 15) is 14.9 Å². The van der Waals surface area contributed by atoms with Crippen molar-refractivity contribution in [2.45, 2.75) is 52.6 Å². The first-order valence-corrected chi connectivity index (χ1v) is 9.20. The van der Waals surface area contributed by atoms with Crippen LogP contribution >= 0.6 is 0 Å². The fraction of sp³-hybridized carbons (Fsp3) is 0.500. The van der Waals surface area contributed by atoms with Gasteiger partial charge in [0.15, 0.2) is 5.41 Å². The highest BCUT2D eigenvalue weighted by Crippen LogP contribution is 2.50. The lowest BCUT2D eigenvalue weighted by atomic mass is 9.63. The van der Waals surface area contributed by atoms with E-state index in [1.165, 1.54) is 5.57 Å². The molecule has 3 rings (SSSR count). The van der Waals surface area contributed by atoms with Gasteiger partial charge in [-0.05, 0) is 32.3 Å². The Hall–Kier alpha value is -2.61. The van der Waals surface area contributed by atoms with Gasteiger partial charge in [-0.25, -0.2) is 4.79 Å². The van der Waals surface area contributed by atoms with Crippen LogP contribution in [0.4, 0.5) is 0 Å². The summed E-state index contributed by atoms with van der Waals surface area (Å²) in [6, 6.07) is 11.9. The fourth-order valence-corrected chi connectivity index (χ4v) is 3.96. The maximum absolute atomic E-state index is 13.3. The summed E-state index contributed by atoms with van der Waals surface area (Å²) < 4.78 is 10.7. The predicted octanol–water partition coefficient (Wildman–Crippen LogP) is 3.91. The van der Waals surface area contributed by atoms with Crippen molar-refractivity contribution in [1.29, 1.82) is 5.26 Å². The van der Waals surface area contributed by atoms with E-state index in [1.54, 1.807) is 0 Å². The van der Waals surface area contributed by atoms with Gasteiger partial charge in [0.05, 0.1) is 6.07 Å². The van der Waals surface area contributed by atoms with Crippen molar-refractivity contribution in [1.82, 2.24) is 0 Å². The van der Waals surface area contributed by atoms with E-state index < -0.39 is 28.9 Å². The molecule has 0 radical (unpaired) electrons. The van der Waals surface area contributed by atoms with E-state index in [0.717, 1.165) is 11.1 Å². The molecule has 1 aromatic rings. The molecular formula is C22H25NO4. The number of allylic oxidation sites excluding steroid dienone is 2. The van der Waals surface area contributed by atoms with Gasteiger partial charge < -0.3 is 9.47 Å². The standard InChI is InChI=1S/C22H25NO4/c1-14-10-17(16-8-6-5-7-9-16)22(12-23,11-15(14)2)20(25)27-18-19(24)26-13-21(18,3)4/h5-9,17-18H,10-11,13H2,1-4H3/t17-,18-,22-/m0/s1. The van der Waals surface area contributed by atoms with Crippen LogP contribution in [0.2, 0.25) is 0 Å². The minimum absolute atomic E-state index is 0.198. The third kappa shape index (κ3) is 3.25. The van der Waals surface area contributed by atoms with Crippen LogP contribution in [-0.2, 0) is 19.1 Å². The zero-order valence-corrected chi connectivity index (χ0v) is 16.2. The van der Waals surface area contributed by atoms with Crippen LogP contribution in [0, 0.1) is 22.2 Å². The van der Waals surface area contributed by atoms with E-state index in [-0.39, 0.29) is 12.5 Å². The quantitative estimate of drug-likeness (QED) is 0.598. The molecular weight excluding hydrogens is 342 g/mol. The fourth-order valence-electron chi connectivity index (χ4n) is 3.96. The van der Waals surface area contributed by atoms with Gasteiger partial charge in [0.25, 0.3) is 0 Å². The summed E-state index contributed by atoms with van der Waals surface area (Å²) in [7, 11) is 0. The third-order valence-corrected chi connectivity index (χ3v) is 5.88. The number of nitrogens with zero attached hydrogens (tertiary/aromatic N) is 1. The Kier molecular flexibility index (Phi) is 4.86. The molecule has 1 aliphatic carbocycles. The molecule has 3 atom stereocenters. The van der Waals surface area contributed by atoms with E-state index in [0.29, 0.717) is 12.8 Å². The molecule has 2 aliphatic rings. The molecule has 0 saturated carbocycles. The first-order valence-electron chi connectivity index (χ1n) is 9.20. The molecule has 0 spiro atoms. The minimum atomic E-state index is -1.36. The average Bonchev–Trinajstić information content (AvgIpc) is 2.91. The smallest absolute Gasteiger partial charge is 0.348 e. The highest BCUT2D eigenvalue weighted by Gasteiger charge is 2.54. The van der Waals surface area contributed by atoms with Gasteiger partial charge in [-0.2, -0.15) is 5.26 Å². The number of rotatable bonds is 3. The number of ether oxygens (including phenoxy) is 2. The molecule has 1 aromatic carbocycles. The van der Waals surface area contributed by atoms with Crippen molar-refractivity contribution >= 4 is 11.9 Å². The van der Waals surface area contributed by atoms with E-state index in [1.807, 2.05) is 58.0 Å². The molecule has 0 unspecified atom stereocenters. The lowest BCUT2D eigenvalue weighted by Crippen LogP contribution is -2.45. The molecule has 5 heteroatoms. The lowest BCUT2D eigenvalue weighted by Gasteiger charge is -2.39. The number of cyclic esters (lactones) is 1. The van der Waals surface area contributed by atoms with Gasteiger partial charge in [-0.3, -0.25) is 4.79 Å². The highest BCUT2D eigenvalue weighted by molar-refractivity contribution is 5.87. The Morgan fingerprint density at radius 3 is 2.44 bits per heavy atom. The van der Waals surface area contributed by atoms with Crippen LogP contribution in [0.3, 0.4) is 0 Å². The zero-order chi connectivity index (χ0) is 19.8. The largest absolute Gasteiger partial charge is 0.462 e. The van der Waals surface area contributed by atoms with Crippen LogP contribution < -0.4 is 0 Å². The number of esters is 2. The monoisotopic (exact) mass is 367 g/mol. The first-order chi connectivity index (χ1) is 12.7. The predicted molar refractivity (Wildman–Crippen MR) is 99.5 cm³/mol. The molecule has 1 saturated heterocycles. The van der Waals surface area contributed by atoms with E-state index >= 15 is 0 Å². The van der Waals surface area contributed by atoms with Crippen molar-refractivity contribution in [2.75, 3.05) is 6.61 Å². The maximum atomic E-state index is 13.3. The molecule has 5 nitrogen and oxygen atoms in total. The maximum Gasteiger partial charge on any atom is 0.348 e. The molecule has 0 bridgehead atoms. The summed E-state index contributed by atoms with van der Waals surface area (Å²) in [6.07, 6.45) is -0.0774. The Morgan fingerprint density at radius 1 is 1.22 bits per heavy atom. The summed E-state index contributed by atoms with van der Waals surface area (Å²) in [6.45, 7) is 7.82. The number of nitriles is 1. The molecule has 1 fully saturated rings. The second kappa shape index (κ2) is 6.84. The van der Waals surface area contributed by atoms with Gasteiger partial charge in [-0.15, -0.1) is 0 Å². The van der Waals surface area contributed by atoms with Crippen LogP contribution in [0.25, 0.3) is 0 Å². The van der Waals surface area contributed by atoms with Crippen molar-refractivity contribution < 1.29 is 19.1 Å². The van der Waals surface area contributed by atoms with Crippen molar-refractivity contribution in [3.63, 3.8) is 0 Å². The van der Waals surface area contributed by atoms with Gasteiger partial charge >= 0.3 is 11.9 Å². The Labute approximate surface area is 160 Å². The summed E-state index contributed by atoms with van der Waals surface area (Å²) >= 11 is 0. The molecule has 0 aromatic heterocycles. The first kappa shape index (κ1) is 19.2. The molecule has 142 valence electrons. The molecule has 27 heavy (non-hydrogen) atoms. The molecule has 1 aliphatic heterocycles. The number of hydrogen-bond donors (Lipinski definition) is 0. The number of benzene rings is 1. The van der Waals surface area contributed by atoms with Gasteiger partial charge in [-0.1, -0.05) is 55.3 Å². The molecule has 0 amide bonds. The molecule has 0 N–H and O–H groups in total. The SMILES string of the molecule is CC1=C(C)C[C@@](C#N)(C(=O)O[C@H]2C(=O)OCC2(C)C)[C@H](c2ccccc2)C1. The topological polar surface area (TPSA) is 76.4 Å². The Balaban J connectivity index is 2.01. The van der Waals surface area contributed by atoms with Crippen LogP contribution in [-0.4, -0.2) is 24.6 Å². The Morgan fingerprint density at radius 2 is 1.89 bits per heavy atom. The molecule has 1 heterocycles.